The van der Waals surface area contributed by atoms with E-state index in [0.29, 0.717) is 11.2 Å². The summed E-state index contributed by atoms with van der Waals surface area (Å²) in [5.74, 6) is 0. The lowest BCUT2D eigenvalue weighted by molar-refractivity contribution is -0.137. The van der Waals surface area contributed by atoms with E-state index in [1.165, 1.54) is 15.8 Å². The molecule has 2 heterocycles. The minimum absolute atomic E-state index is 0.00259. The molecule has 1 aromatic heterocycles. The summed E-state index contributed by atoms with van der Waals surface area (Å²) in [6.45, 7) is 0. The van der Waals surface area contributed by atoms with Crippen LogP contribution in [0.15, 0.2) is 36.4 Å². The van der Waals surface area contributed by atoms with Gasteiger partial charge in [0.25, 0.3) is 0 Å². The van der Waals surface area contributed by atoms with Crippen LogP contribution in [0, 0.1) is 0 Å². The fraction of sp³-hybridized carbons (Fsp3) is 0.200. The second-order valence-corrected chi connectivity index (χ2v) is 5.55. The van der Waals surface area contributed by atoms with Gasteiger partial charge in [-0.2, -0.15) is 13.2 Å². The van der Waals surface area contributed by atoms with Crippen molar-refractivity contribution in [3.8, 4) is 0 Å². The Kier molecular flexibility index (Phi) is 2.98. The third kappa shape index (κ3) is 2.08. The second-order valence-electron chi connectivity index (χ2n) is 5.55. The molecule has 0 bridgehead atoms. The first-order valence-corrected chi connectivity index (χ1v) is 7.16. The molecule has 0 fully saturated rings. The molecule has 24 heavy (non-hydrogen) atoms. The van der Waals surface area contributed by atoms with Crippen LogP contribution in [0.3, 0.4) is 0 Å². The maximum absolute atomic E-state index is 13.6. The topological polar surface area (TPSA) is 49.2 Å². The first-order chi connectivity index (χ1) is 11.4. The molecule has 0 saturated heterocycles. The van der Waals surface area contributed by atoms with E-state index in [1.54, 1.807) is 31.2 Å². The van der Waals surface area contributed by atoms with Gasteiger partial charge in [0.1, 0.15) is 5.52 Å². The van der Waals surface area contributed by atoms with Crippen molar-refractivity contribution < 1.29 is 13.2 Å². The van der Waals surface area contributed by atoms with Crippen LogP contribution < -0.4 is 15.6 Å². The van der Waals surface area contributed by atoms with Crippen LogP contribution in [-0.4, -0.2) is 22.0 Å². The number of fused-ring (bicyclic) bond motifs is 2. The average Bonchev–Trinajstić information content (AvgIpc) is 3.07. The monoisotopic (exact) mass is 334 g/mol. The minimum Gasteiger partial charge on any atom is -0.291 e. The summed E-state index contributed by atoms with van der Waals surface area (Å²) >= 11 is 0. The van der Waals surface area contributed by atoms with Gasteiger partial charge < -0.3 is 0 Å². The van der Waals surface area contributed by atoms with E-state index in [4.69, 9.17) is 0 Å². The normalized spacial score (nSPS) is 14.5. The number of nitrogens with one attached hydrogen (secondary N) is 1. The summed E-state index contributed by atoms with van der Waals surface area (Å²) < 4.78 is 42.2. The van der Waals surface area contributed by atoms with Crippen molar-refractivity contribution in [1.82, 2.24) is 20.5 Å². The van der Waals surface area contributed by atoms with Crippen molar-refractivity contribution in [3.63, 3.8) is 0 Å². The van der Waals surface area contributed by atoms with Crippen LogP contribution in [-0.2, 0) is 13.2 Å². The average molecular weight is 334 g/mol. The van der Waals surface area contributed by atoms with Crippen molar-refractivity contribution in [2.45, 2.75) is 6.18 Å². The van der Waals surface area contributed by atoms with Gasteiger partial charge in [-0.05, 0) is 24.3 Å². The van der Waals surface area contributed by atoms with Gasteiger partial charge in [0, 0.05) is 14.1 Å². The van der Waals surface area contributed by atoms with Gasteiger partial charge >= 0.3 is 6.18 Å². The summed E-state index contributed by atoms with van der Waals surface area (Å²) in [6.07, 6.45) is -4.52. The van der Waals surface area contributed by atoms with E-state index in [0.717, 1.165) is 11.8 Å². The molecule has 124 valence electrons. The van der Waals surface area contributed by atoms with Gasteiger partial charge in [-0.25, -0.2) is 4.68 Å². The summed E-state index contributed by atoms with van der Waals surface area (Å²) in [4.78, 5) is 0. The number of nitrogens with zero attached hydrogens (tertiary/aromatic N) is 5. The Labute approximate surface area is 135 Å². The van der Waals surface area contributed by atoms with Crippen molar-refractivity contribution in [2.75, 3.05) is 17.1 Å². The first-order valence-electron chi connectivity index (χ1n) is 7.16. The third-order valence-electron chi connectivity index (χ3n) is 4.01. The van der Waals surface area contributed by atoms with Crippen molar-refractivity contribution in [3.05, 3.63) is 42.0 Å². The highest BCUT2D eigenvalue weighted by Crippen LogP contribution is 2.44. The number of para-hydroxylation sites is 2. The van der Waals surface area contributed by atoms with Gasteiger partial charge in [-0.1, -0.05) is 17.3 Å². The lowest BCUT2D eigenvalue weighted by Gasteiger charge is -2.24. The molecule has 1 aliphatic rings. The number of aromatic nitrogens is 3. The number of aryl methyl sites for hydroxylation is 1. The number of benzene rings is 2. The Morgan fingerprint density at radius 3 is 2.42 bits per heavy atom. The fourth-order valence-corrected chi connectivity index (χ4v) is 2.86. The van der Waals surface area contributed by atoms with Crippen molar-refractivity contribution >= 4 is 28.1 Å². The minimum atomic E-state index is -4.52. The highest BCUT2D eigenvalue weighted by molar-refractivity contribution is 5.87. The van der Waals surface area contributed by atoms with E-state index in [9.17, 15) is 13.2 Å². The zero-order chi connectivity index (χ0) is 17.1. The highest BCUT2D eigenvalue weighted by Gasteiger charge is 2.38. The van der Waals surface area contributed by atoms with E-state index in [1.807, 2.05) is 12.1 Å². The molecular weight excluding hydrogens is 321 g/mol. The van der Waals surface area contributed by atoms with Crippen LogP contribution in [0.2, 0.25) is 0 Å². The van der Waals surface area contributed by atoms with Gasteiger partial charge in [-0.3, -0.25) is 10.0 Å². The Morgan fingerprint density at radius 1 is 1.00 bits per heavy atom. The fourth-order valence-electron chi connectivity index (χ4n) is 2.86. The van der Waals surface area contributed by atoms with Gasteiger partial charge in [0.15, 0.2) is 0 Å². The van der Waals surface area contributed by atoms with Gasteiger partial charge in [0.05, 0.1) is 28.1 Å². The van der Waals surface area contributed by atoms with Gasteiger partial charge in [0.2, 0.25) is 0 Å². The molecule has 6 nitrogen and oxygen atoms in total. The van der Waals surface area contributed by atoms with Gasteiger partial charge in [-0.15, -0.1) is 10.6 Å². The number of anilines is 3. The SMILES string of the molecule is CN1NN(c2cc3c(cc2C(F)(F)F)nnn3C)c2ccccc21. The number of alkyl halides is 3. The lowest BCUT2D eigenvalue weighted by Crippen LogP contribution is -2.40. The van der Waals surface area contributed by atoms with Crippen LogP contribution in [0.5, 0.6) is 0 Å². The van der Waals surface area contributed by atoms with Crippen molar-refractivity contribution in [1.29, 1.82) is 0 Å². The summed E-state index contributed by atoms with van der Waals surface area (Å²) in [6, 6.07) is 9.68. The van der Waals surface area contributed by atoms with Crippen molar-refractivity contribution in [2.24, 2.45) is 7.05 Å². The molecule has 4 rings (SSSR count). The number of hydrogen-bond donors (Lipinski definition) is 1. The van der Waals surface area contributed by atoms with Crippen LogP contribution in [0.1, 0.15) is 5.56 Å². The molecule has 3 aromatic rings. The smallest absolute Gasteiger partial charge is 0.291 e. The van der Waals surface area contributed by atoms with E-state index in [2.05, 4.69) is 15.8 Å². The van der Waals surface area contributed by atoms with Crippen LogP contribution >= 0.6 is 0 Å². The predicted octanol–water partition coefficient (Wildman–Crippen LogP) is 2.99. The van der Waals surface area contributed by atoms with E-state index >= 15 is 0 Å². The van der Waals surface area contributed by atoms with E-state index < -0.39 is 11.7 Å². The molecule has 2 aromatic carbocycles. The molecule has 0 unspecified atom stereocenters. The summed E-state index contributed by atoms with van der Waals surface area (Å²) in [7, 11) is 3.39. The maximum Gasteiger partial charge on any atom is 0.418 e. The third-order valence-corrected chi connectivity index (χ3v) is 4.01. The molecule has 0 amide bonds. The zero-order valence-electron chi connectivity index (χ0n) is 12.8. The molecule has 0 saturated carbocycles. The molecule has 1 aliphatic heterocycles. The first kappa shape index (κ1) is 14.8. The molecule has 0 radical (unpaired) electrons. The molecule has 0 aliphatic carbocycles. The van der Waals surface area contributed by atoms with Crippen LogP contribution in [0.25, 0.3) is 11.0 Å². The lowest BCUT2D eigenvalue weighted by atomic mass is 10.1. The Bertz CT molecular complexity index is 933. The summed E-state index contributed by atoms with van der Waals surface area (Å²) in [5.41, 5.74) is 4.32. The van der Waals surface area contributed by atoms with E-state index in [-0.39, 0.29) is 11.2 Å². The zero-order valence-corrected chi connectivity index (χ0v) is 12.8. The Morgan fingerprint density at radius 2 is 1.71 bits per heavy atom. The second kappa shape index (κ2) is 4.84. The van der Waals surface area contributed by atoms with Crippen LogP contribution in [0.4, 0.5) is 30.2 Å². The Hall–Kier alpha value is -2.81. The molecular formula is C15H13F3N6. The number of hydrazine groups is 2. The predicted molar refractivity (Wildman–Crippen MR) is 83.6 cm³/mol. The molecule has 0 spiro atoms. The standard InChI is InChI=1S/C15H13F3N6/c1-22-14-8-13(9(15(16,17)18)7-10(14)19-20-22)24-12-6-4-3-5-11(12)23(2)21-24/h3-8,21H,1-2H3. The number of rotatable bonds is 1. The molecule has 1 N–H and O–H groups in total. The number of hydrogen-bond acceptors (Lipinski definition) is 5. The molecule has 0 atom stereocenters. The summed E-state index contributed by atoms with van der Waals surface area (Å²) in [5, 5.41) is 10.7. The maximum atomic E-state index is 13.6. The number of halogens is 3. The molecule has 9 heteroatoms. The highest BCUT2D eigenvalue weighted by atomic mass is 19.4. The Balaban J connectivity index is 1.97. The largest absolute Gasteiger partial charge is 0.418 e. The quantitative estimate of drug-likeness (QED) is 0.741.